The number of H-pyrrole nitrogens is 1. The number of nitrogens with two attached hydrogens (primary N) is 1. The fourth-order valence-electron chi connectivity index (χ4n) is 3.08. The first-order chi connectivity index (χ1) is 14.0. The zero-order chi connectivity index (χ0) is 20.8. The number of fused-ring (bicyclic) bond motifs is 1. The van der Waals surface area contributed by atoms with Crippen LogP contribution in [0, 0.1) is 19.3 Å². The Morgan fingerprint density at radius 2 is 2.03 bits per heavy atom. The normalized spacial score (nSPS) is 10.5. The summed E-state index contributed by atoms with van der Waals surface area (Å²) >= 11 is 0. The number of carbonyl (C=O) groups is 1. The van der Waals surface area contributed by atoms with Crippen molar-refractivity contribution in [3.63, 3.8) is 0 Å². The monoisotopic (exact) mass is 389 g/mol. The number of rotatable bonds is 7. The van der Waals surface area contributed by atoms with E-state index in [2.05, 4.69) is 21.2 Å². The fourth-order valence-corrected chi connectivity index (χ4v) is 3.08. The van der Waals surface area contributed by atoms with E-state index in [-0.39, 0.29) is 11.5 Å². The highest BCUT2D eigenvalue weighted by Gasteiger charge is 2.11. The summed E-state index contributed by atoms with van der Waals surface area (Å²) in [5, 5.41) is 3.28. The molecule has 0 spiro atoms. The van der Waals surface area contributed by atoms with E-state index in [9.17, 15) is 9.59 Å². The van der Waals surface area contributed by atoms with Gasteiger partial charge in [0, 0.05) is 30.9 Å². The molecule has 0 atom stereocenters. The Morgan fingerprint density at radius 3 is 2.72 bits per heavy atom. The van der Waals surface area contributed by atoms with E-state index in [4.69, 9.17) is 12.2 Å². The Labute approximate surface area is 169 Å². The topological polar surface area (TPSA) is 104 Å². The van der Waals surface area contributed by atoms with Gasteiger partial charge in [0.2, 0.25) is 0 Å². The van der Waals surface area contributed by atoms with Gasteiger partial charge in [-0.15, -0.1) is 6.42 Å². The first-order valence-corrected chi connectivity index (χ1v) is 9.28. The Kier molecular flexibility index (Phi) is 6.27. The van der Waals surface area contributed by atoms with Crippen LogP contribution >= 0.6 is 0 Å². The van der Waals surface area contributed by atoms with Crippen LogP contribution in [0.1, 0.15) is 21.7 Å². The molecule has 0 fully saturated rings. The van der Waals surface area contributed by atoms with Crippen LogP contribution in [0.15, 0.2) is 47.3 Å². The lowest BCUT2D eigenvalue weighted by atomic mass is 10.1. The molecule has 0 aliphatic carbocycles. The van der Waals surface area contributed by atoms with E-state index in [1.807, 2.05) is 35.2 Å². The number of hydrogen-bond acceptors (Lipinski definition) is 5. The highest BCUT2D eigenvalue weighted by atomic mass is 16.1. The average molecular weight is 389 g/mol. The van der Waals surface area contributed by atoms with Gasteiger partial charge < -0.3 is 20.9 Å². The Bertz CT molecular complexity index is 1110. The van der Waals surface area contributed by atoms with Gasteiger partial charge in [-0.05, 0) is 48.9 Å². The fraction of sp³-hybridized carbons (Fsp3) is 0.227. The molecule has 1 aromatic heterocycles. The van der Waals surface area contributed by atoms with Crippen LogP contribution in [-0.4, -0.2) is 35.5 Å². The van der Waals surface area contributed by atoms with Crippen LogP contribution in [0.2, 0.25) is 0 Å². The molecule has 7 nitrogen and oxygen atoms in total. The zero-order valence-corrected chi connectivity index (χ0v) is 16.2. The maximum absolute atomic E-state index is 12.2. The van der Waals surface area contributed by atoms with Gasteiger partial charge in [0.15, 0.2) is 0 Å². The lowest BCUT2D eigenvalue weighted by molar-refractivity contribution is 0.0955. The number of carbonyl (C=O) groups excluding carboxylic acids is 1. The largest absolute Gasteiger partial charge is 0.356 e. The number of terminal acetylenes is 1. The minimum Gasteiger partial charge on any atom is -0.356 e. The van der Waals surface area contributed by atoms with Gasteiger partial charge in [0.1, 0.15) is 5.82 Å². The van der Waals surface area contributed by atoms with Gasteiger partial charge in [-0.3, -0.25) is 9.59 Å². The first kappa shape index (κ1) is 20.1. The number of aromatic nitrogens is 2. The van der Waals surface area contributed by atoms with E-state index in [0.29, 0.717) is 48.5 Å². The van der Waals surface area contributed by atoms with Gasteiger partial charge >= 0.3 is 0 Å². The highest BCUT2D eigenvalue weighted by Crippen LogP contribution is 2.19. The van der Waals surface area contributed by atoms with Crippen molar-refractivity contribution >= 4 is 22.5 Å². The molecule has 3 aromatic rings. The molecular weight excluding hydrogens is 366 g/mol. The number of aryl methyl sites for hydroxylation is 1. The summed E-state index contributed by atoms with van der Waals surface area (Å²) in [6.45, 7) is 3.48. The Morgan fingerprint density at radius 1 is 1.28 bits per heavy atom. The van der Waals surface area contributed by atoms with Crippen LogP contribution in [0.3, 0.4) is 0 Å². The lowest BCUT2D eigenvalue weighted by Gasteiger charge is -2.23. The quantitative estimate of drug-likeness (QED) is 0.532. The molecule has 7 heteroatoms. The van der Waals surface area contributed by atoms with E-state index < -0.39 is 0 Å². The number of amides is 1. The molecule has 4 N–H and O–H groups in total. The van der Waals surface area contributed by atoms with Crippen molar-refractivity contribution in [1.29, 1.82) is 0 Å². The molecule has 0 aliphatic heterocycles. The average Bonchev–Trinajstić information content (AvgIpc) is 2.72. The third-order valence-corrected chi connectivity index (χ3v) is 4.47. The smallest absolute Gasteiger partial charge is 0.258 e. The molecule has 0 saturated heterocycles. The number of hydrogen-bond donors (Lipinski definition) is 3. The molecule has 2 aromatic carbocycles. The van der Waals surface area contributed by atoms with Crippen LogP contribution in [0.25, 0.3) is 10.9 Å². The van der Waals surface area contributed by atoms with Gasteiger partial charge in [-0.25, -0.2) is 4.98 Å². The minimum atomic E-state index is -0.165. The van der Waals surface area contributed by atoms with Gasteiger partial charge in [-0.2, -0.15) is 0 Å². The number of nitrogens with one attached hydrogen (secondary N) is 2. The number of anilines is 1. The predicted octanol–water partition coefficient (Wildman–Crippen LogP) is 1.56. The summed E-state index contributed by atoms with van der Waals surface area (Å²) in [5.74, 6) is 3.08. The third kappa shape index (κ3) is 4.81. The molecule has 148 valence electrons. The SMILES string of the molecule is C#CCN(Cc1ccc2nc(C)[nH]c(=O)c2c1)c1ccc(C(=O)NCCN)cc1. The van der Waals surface area contributed by atoms with Crippen LogP contribution in [-0.2, 0) is 6.54 Å². The van der Waals surface area contributed by atoms with Crippen molar-refractivity contribution in [2.24, 2.45) is 5.73 Å². The second-order valence-electron chi connectivity index (χ2n) is 6.65. The van der Waals surface area contributed by atoms with E-state index in [1.54, 1.807) is 19.1 Å². The number of nitrogens with zero attached hydrogens (tertiary/aromatic N) is 2. The second kappa shape index (κ2) is 9.04. The van der Waals surface area contributed by atoms with Crippen molar-refractivity contribution < 1.29 is 4.79 Å². The van der Waals surface area contributed by atoms with Crippen molar-refractivity contribution in [2.45, 2.75) is 13.5 Å². The molecule has 0 saturated carbocycles. The predicted molar refractivity (Wildman–Crippen MR) is 115 cm³/mol. The molecule has 0 aliphatic rings. The third-order valence-electron chi connectivity index (χ3n) is 4.47. The summed E-state index contributed by atoms with van der Waals surface area (Å²) in [6, 6.07) is 12.8. The van der Waals surface area contributed by atoms with E-state index in [1.165, 1.54) is 0 Å². The summed E-state index contributed by atoms with van der Waals surface area (Å²) in [6.07, 6.45) is 5.55. The van der Waals surface area contributed by atoms with Crippen molar-refractivity contribution in [1.82, 2.24) is 15.3 Å². The lowest BCUT2D eigenvalue weighted by Crippen LogP contribution is -2.29. The second-order valence-corrected chi connectivity index (χ2v) is 6.65. The van der Waals surface area contributed by atoms with Crippen molar-refractivity contribution in [3.8, 4) is 12.3 Å². The van der Waals surface area contributed by atoms with Gasteiger partial charge in [0.05, 0.1) is 17.4 Å². The number of aromatic amines is 1. The maximum Gasteiger partial charge on any atom is 0.258 e. The highest BCUT2D eigenvalue weighted by molar-refractivity contribution is 5.94. The summed E-state index contributed by atoms with van der Waals surface area (Å²) in [5.41, 5.74) is 8.29. The zero-order valence-electron chi connectivity index (χ0n) is 16.2. The van der Waals surface area contributed by atoms with E-state index >= 15 is 0 Å². The molecule has 3 rings (SSSR count). The molecule has 0 bridgehead atoms. The maximum atomic E-state index is 12.2. The summed E-state index contributed by atoms with van der Waals surface area (Å²) in [4.78, 5) is 33.3. The van der Waals surface area contributed by atoms with Gasteiger partial charge in [0.25, 0.3) is 11.5 Å². The Balaban J connectivity index is 1.83. The van der Waals surface area contributed by atoms with Crippen LogP contribution < -0.4 is 21.5 Å². The standard InChI is InChI=1S/C22H23N5O2/c1-3-12-27(18-7-5-17(6-8-18)21(28)24-11-10-23)14-16-4-9-20-19(13-16)22(29)26-15(2)25-20/h1,4-9,13H,10-12,14,23H2,2H3,(H,24,28)(H,25,26,29). The first-order valence-electron chi connectivity index (χ1n) is 9.28. The molecule has 1 heterocycles. The van der Waals surface area contributed by atoms with Gasteiger partial charge in [-0.1, -0.05) is 12.0 Å². The Hall–Kier alpha value is -3.63. The van der Waals surface area contributed by atoms with Crippen LogP contribution in [0.5, 0.6) is 0 Å². The van der Waals surface area contributed by atoms with E-state index in [0.717, 1.165) is 11.3 Å². The summed E-state index contributed by atoms with van der Waals surface area (Å²) < 4.78 is 0. The van der Waals surface area contributed by atoms with Crippen LogP contribution in [0.4, 0.5) is 5.69 Å². The molecular formula is C22H23N5O2. The van der Waals surface area contributed by atoms with Crippen molar-refractivity contribution in [3.05, 3.63) is 69.8 Å². The summed E-state index contributed by atoms with van der Waals surface area (Å²) in [7, 11) is 0. The molecule has 1 amide bonds. The number of benzene rings is 2. The molecule has 0 unspecified atom stereocenters. The van der Waals surface area contributed by atoms with Crippen molar-refractivity contribution in [2.75, 3.05) is 24.5 Å². The minimum absolute atomic E-state index is 0.161. The molecule has 29 heavy (non-hydrogen) atoms. The molecule has 0 radical (unpaired) electrons.